The number of unbranched alkanes of at least 4 members (excludes halogenated alkanes) is 3. The van der Waals surface area contributed by atoms with Gasteiger partial charge >= 0.3 is 0 Å². The van der Waals surface area contributed by atoms with Crippen LogP contribution in [0.1, 0.15) is 83.8 Å². The minimum absolute atomic E-state index is 0.0208. The van der Waals surface area contributed by atoms with E-state index in [1.54, 1.807) is 0 Å². The van der Waals surface area contributed by atoms with Gasteiger partial charge < -0.3 is 10.2 Å². The highest BCUT2D eigenvalue weighted by atomic mass is 32.2. The summed E-state index contributed by atoms with van der Waals surface area (Å²) in [6, 6.07) is 16.9. The summed E-state index contributed by atoms with van der Waals surface area (Å²) in [6.45, 7) is 11.1. The normalized spacial score (nSPS) is 18.4. The van der Waals surface area contributed by atoms with Crippen molar-refractivity contribution in [1.29, 1.82) is 0 Å². The second-order valence-electron chi connectivity index (χ2n) is 14.6. The molecule has 0 bridgehead atoms. The Morgan fingerprint density at radius 3 is 2.22 bits per heavy atom. The number of carbonyl (C=O) groups is 3. The van der Waals surface area contributed by atoms with Gasteiger partial charge in [-0.3, -0.25) is 23.8 Å². The van der Waals surface area contributed by atoms with Crippen molar-refractivity contribution < 1.29 is 31.9 Å². The van der Waals surface area contributed by atoms with Gasteiger partial charge in [0.05, 0.1) is 11.2 Å². The Bertz CT molecular complexity index is 1870. The topological polar surface area (TPSA) is 127 Å². The van der Waals surface area contributed by atoms with E-state index in [1.807, 2.05) is 6.07 Å². The molecule has 0 unspecified atom stereocenters. The monoisotopic (exact) mass is 715 g/mol. The minimum Gasteiger partial charge on any atom is -0.356 e. The Kier molecular flexibility index (Phi) is 11.8. The largest absolute Gasteiger partial charge is 0.356 e. The van der Waals surface area contributed by atoms with Gasteiger partial charge in [0, 0.05) is 79.1 Å². The fourth-order valence-corrected chi connectivity index (χ4v) is 8.05. The van der Waals surface area contributed by atoms with Gasteiger partial charge in [0.1, 0.15) is 6.54 Å². The van der Waals surface area contributed by atoms with Crippen LogP contribution >= 0.6 is 0 Å². The number of allylic oxidation sites excluding steroid dienone is 4. The molecule has 10 nitrogen and oxygen atoms in total. The summed E-state index contributed by atoms with van der Waals surface area (Å²) in [5.41, 5.74) is 6.71. The van der Waals surface area contributed by atoms with Crippen molar-refractivity contribution in [1.82, 2.24) is 10.2 Å². The van der Waals surface area contributed by atoms with Gasteiger partial charge in [-0.05, 0) is 63.7 Å². The first-order valence-electron chi connectivity index (χ1n) is 18.0. The van der Waals surface area contributed by atoms with Crippen molar-refractivity contribution in [3.8, 4) is 0 Å². The number of benzene rings is 2. The van der Waals surface area contributed by atoms with Crippen LogP contribution in [-0.2, 0) is 35.3 Å². The third-order valence-corrected chi connectivity index (χ3v) is 11.0. The molecule has 0 saturated heterocycles. The molecule has 0 radical (unpaired) electrons. The second-order valence-corrected chi connectivity index (χ2v) is 16.1. The van der Waals surface area contributed by atoms with Crippen molar-refractivity contribution in [3.05, 3.63) is 95.7 Å². The maximum absolute atomic E-state index is 12.4. The molecule has 2 aromatic rings. The summed E-state index contributed by atoms with van der Waals surface area (Å²) < 4.78 is 34.3. The highest BCUT2D eigenvalue weighted by molar-refractivity contribution is 7.85. The fraction of sp³-hybridized carbons (Fsp3) is 0.450. The Morgan fingerprint density at radius 2 is 1.49 bits per heavy atom. The van der Waals surface area contributed by atoms with E-state index in [2.05, 4.69) is 103 Å². The first-order valence-corrected chi connectivity index (χ1v) is 19.6. The maximum atomic E-state index is 12.4. The van der Waals surface area contributed by atoms with E-state index in [-0.39, 0.29) is 34.3 Å². The third kappa shape index (κ3) is 8.76. The first kappa shape index (κ1) is 37.9. The highest BCUT2D eigenvalue weighted by Crippen LogP contribution is 2.48. The Morgan fingerprint density at radius 1 is 0.824 bits per heavy atom. The average Bonchev–Trinajstić information content (AvgIpc) is 3.60. The summed E-state index contributed by atoms with van der Waals surface area (Å²) in [5.74, 6) is -0.870. The molecule has 11 heteroatoms. The number of anilines is 1. The predicted molar refractivity (Wildman–Crippen MR) is 201 cm³/mol. The van der Waals surface area contributed by atoms with Gasteiger partial charge in [-0.2, -0.15) is 13.0 Å². The predicted octanol–water partition coefficient (Wildman–Crippen LogP) is 5.96. The smallest absolute Gasteiger partial charge is 0.264 e. The summed E-state index contributed by atoms with van der Waals surface area (Å²) in [5, 5.41) is 2.90. The molecule has 0 fully saturated rings. The van der Waals surface area contributed by atoms with Gasteiger partial charge in [-0.1, -0.05) is 56.3 Å². The van der Waals surface area contributed by atoms with Gasteiger partial charge in [-0.25, -0.2) is 0 Å². The molecule has 2 aromatic carbocycles. The van der Waals surface area contributed by atoms with E-state index in [0.717, 1.165) is 37.2 Å². The van der Waals surface area contributed by atoms with Crippen LogP contribution < -0.4 is 10.2 Å². The van der Waals surface area contributed by atoms with Crippen LogP contribution in [0.3, 0.4) is 0 Å². The Labute approximate surface area is 302 Å². The molecular formula is C40H51N4O6S+. The molecule has 3 aliphatic heterocycles. The summed E-state index contributed by atoms with van der Waals surface area (Å²) in [4.78, 5) is 39.3. The zero-order valence-corrected chi connectivity index (χ0v) is 31.0. The number of nitrogens with one attached hydrogen (secondary N) is 1. The van der Waals surface area contributed by atoms with Crippen molar-refractivity contribution in [2.75, 3.05) is 36.8 Å². The Hall–Kier alpha value is -4.35. The molecule has 3 aliphatic rings. The lowest BCUT2D eigenvalue weighted by Crippen LogP contribution is -2.33. The molecule has 0 saturated carbocycles. The summed E-state index contributed by atoms with van der Waals surface area (Å²) in [6.07, 6.45) is 13.6. The number of hydrogen-bond donors (Lipinski definition) is 2. The lowest BCUT2D eigenvalue weighted by molar-refractivity contribution is -0.438. The van der Waals surface area contributed by atoms with Crippen molar-refractivity contribution in [2.45, 2.75) is 83.5 Å². The minimum atomic E-state index is -3.99. The first-order chi connectivity index (χ1) is 24.2. The third-order valence-electron chi connectivity index (χ3n) is 10.2. The SMILES string of the molecule is CC1(C)C(/C=C/C=C2/N(CCCCS(=O)(=O)O)c3ccccc3C2(C)C)=[N+](CCCCCC(=O)NCCCN2C(=O)C=CC2=O)c2ccccc21. The molecule has 3 amide bonds. The molecule has 0 aromatic heterocycles. The molecular weight excluding hydrogens is 665 g/mol. The van der Waals surface area contributed by atoms with Crippen LogP contribution in [0.2, 0.25) is 0 Å². The second kappa shape index (κ2) is 15.9. The number of fused-ring (bicyclic) bond motifs is 2. The van der Waals surface area contributed by atoms with Crippen molar-refractivity contribution in [3.63, 3.8) is 0 Å². The number of amides is 3. The molecule has 51 heavy (non-hydrogen) atoms. The Balaban J connectivity index is 1.23. The van der Waals surface area contributed by atoms with Crippen LogP contribution in [0.15, 0.2) is 84.6 Å². The van der Waals surface area contributed by atoms with Crippen LogP contribution in [0.25, 0.3) is 0 Å². The van der Waals surface area contributed by atoms with E-state index in [0.29, 0.717) is 45.3 Å². The van der Waals surface area contributed by atoms with Gasteiger partial charge in [0.15, 0.2) is 5.71 Å². The summed E-state index contributed by atoms with van der Waals surface area (Å²) in [7, 11) is -3.99. The number of rotatable bonds is 17. The molecule has 0 spiro atoms. The zero-order valence-electron chi connectivity index (χ0n) is 30.2. The highest BCUT2D eigenvalue weighted by Gasteiger charge is 2.44. The quantitative estimate of drug-likeness (QED) is 0.0896. The van der Waals surface area contributed by atoms with Crippen LogP contribution in [-0.4, -0.2) is 77.8 Å². The van der Waals surface area contributed by atoms with E-state index >= 15 is 0 Å². The maximum Gasteiger partial charge on any atom is 0.264 e. The van der Waals surface area contributed by atoms with Crippen molar-refractivity contribution >= 4 is 44.9 Å². The van der Waals surface area contributed by atoms with Crippen molar-refractivity contribution in [2.24, 2.45) is 0 Å². The molecule has 2 N–H and O–H groups in total. The molecule has 272 valence electrons. The fourth-order valence-electron chi connectivity index (χ4n) is 7.49. The van der Waals surface area contributed by atoms with Crippen LogP contribution in [0.4, 0.5) is 11.4 Å². The lowest BCUT2D eigenvalue weighted by atomic mass is 9.81. The van der Waals surface area contributed by atoms with Gasteiger partial charge in [0.25, 0.3) is 21.9 Å². The zero-order chi connectivity index (χ0) is 36.8. The number of carbonyl (C=O) groups excluding carboxylic acids is 3. The number of nitrogens with zero attached hydrogens (tertiary/aromatic N) is 3. The van der Waals surface area contributed by atoms with Crippen LogP contribution in [0.5, 0.6) is 0 Å². The molecule has 0 aliphatic carbocycles. The van der Waals surface area contributed by atoms with Gasteiger partial charge in [0.2, 0.25) is 11.6 Å². The standard InChI is InChI=1S/C40H50N4O6S/c1-39(2)30-16-7-9-18-32(30)42(26-11-5-6-22-36(45)41-25-15-28-44-37(46)23-24-38(44)47)34(39)20-14-21-35-40(3,4)31-17-8-10-19-33(31)43(35)27-12-13-29-51(48,49)50/h7-10,14,16-21,23-24H,5-6,11-13,15,22,25-29H2,1-4H3,(H-,41,45,48,49,50)/p+1. The van der Waals surface area contributed by atoms with Crippen LogP contribution in [0, 0.1) is 0 Å². The van der Waals surface area contributed by atoms with E-state index in [4.69, 9.17) is 0 Å². The average molecular weight is 716 g/mol. The summed E-state index contributed by atoms with van der Waals surface area (Å²) >= 11 is 0. The molecule has 5 rings (SSSR count). The number of hydrogen-bond acceptors (Lipinski definition) is 6. The van der Waals surface area contributed by atoms with E-state index < -0.39 is 10.1 Å². The lowest BCUT2D eigenvalue weighted by Gasteiger charge is -2.27. The molecule has 0 atom stereocenters. The van der Waals surface area contributed by atoms with Gasteiger partial charge in [-0.15, -0.1) is 0 Å². The molecule has 3 heterocycles. The number of para-hydroxylation sites is 2. The number of imide groups is 1. The van der Waals surface area contributed by atoms with E-state index in [1.165, 1.54) is 39.6 Å². The van der Waals surface area contributed by atoms with E-state index in [9.17, 15) is 27.4 Å².